The molecule has 2 aromatic rings. The molecule has 0 aliphatic carbocycles. The Morgan fingerprint density at radius 2 is 2.03 bits per heavy atom. The van der Waals surface area contributed by atoms with Gasteiger partial charge in [-0.15, -0.1) is 11.3 Å². The molecule has 0 bridgehead atoms. The van der Waals surface area contributed by atoms with Crippen LogP contribution in [-0.2, 0) is 0 Å². The van der Waals surface area contributed by atoms with Gasteiger partial charge in [-0.25, -0.2) is 0 Å². The fraction of sp³-hybridized carbons (Fsp3) is 0.462. The first-order valence-electron chi connectivity index (χ1n) is 11.3. The van der Waals surface area contributed by atoms with E-state index in [0.717, 1.165) is 52.5 Å². The van der Waals surface area contributed by atoms with Gasteiger partial charge in [0.15, 0.2) is 0 Å². The molecule has 1 aromatic carbocycles. The highest BCUT2D eigenvalue weighted by molar-refractivity contribution is 7.16. The van der Waals surface area contributed by atoms with Gasteiger partial charge in [0, 0.05) is 36.8 Å². The summed E-state index contributed by atoms with van der Waals surface area (Å²) >= 11 is 1.47. The lowest BCUT2D eigenvalue weighted by Crippen LogP contribution is -2.32. The zero-order valence-electron chi connectivity index (χ0n) is 19.9. The predicted molar refractivity (Wildman–Crippen MR) is 135 cm³/mol. The maximum Gasteiger partial charge on any atom is 0.262 e. The number of amides is 1. The van der Waals surface area contributed by atoms with E-state index < -0.39 is 0 Å². The smallest absolute Gasteiger partial charge is 0.262 e. The van der Waals surface area contributed by atoms with Crippen LogP contribution in [0.5, 0.6) is 5.75 Å². The molecule has 0 spiro atoms. The largest absolute Gasteiger partial charge is 0.493 e. The first-order valence-corrected chi connectivity index (χ1v) is 12.2. The van der Waals surface area contributed by atoms with Crippen LogP contribution < -0.4 is 10.1 Å². The second-order valence-electron chi connectivity index (χ2n) is 8.88. The summed E-state index contributed by atoms with van der Waals surface area (Å²) in [6, 6.07) is 7.83. The van der Waals surface area contributed by atoms with E-state index in [1.807, 2.05) is 24.3 Å². The van der Waals surface area contributed by atoms with Crippen molar-refractivity contribution in [2.75, 3.05) is 20.2 Å². The van der Waals surface area contributed by atoms with E-state index in [4.69, 9.17) is 4.74 Å². The maximum absolute atomic E-state index is 13.5. The van der Waals surface area contributed by atoms with Crippen LogP contribution in [-0.4, -0.2) is 37.7 Å². The van der Waals surface area contributed by atoms with E-state index in [1.54, 1.807) is 0 Å². The molecule has 6 heteroatoms. The second kappa shape index (κ2) is 10.3. The van der Waals surface area contributed by atoms with Gasteiger partial charge in [-0.2, -0.15) is 0 Å². The Morgan fingerprint density at radius 1 is 1.31 bits per heavy atom. The molecule has 0 saturated heterocycles. The molecular weight excluding hydrogens is 418 g/mol. The number of carbonyl (C=O) groups excluding carboxylic acids is 1. The van der Waals surface area contributed by atoms with Crippen molar-refractivity contribution in [3.63, 3.8) is 0 Å². The van der Waals surface area contributed by atoms with Crippen LogP contribution in [0.1, 0.15) is 78.2 Å². The number of benzene rings is 1. The van der Waals surface area contributed by atoms with Crippen molar-refractivity contribution < 1.29 is 9.53 Å². The van der Waals surface area contributed by atoms with Gasteiger partial charge < -0.3 is 15.0 Å². The first-order chi connectivity index (χ1) is 15.3. The number of hydrogen-bond acceptors (Lipinski definition) is 5. The number of thiophene rings is 1. The summed E-state index contributed by atoms with van der Waals surface area (Å²) in [5, 5.41) is 3.25. The molecule has 1 N–H and O–H groups in total. The van der Waals surface area contributed by atoms with Crippen molar-refractivity contribution in [2.24, 2.45) is 10.9 Å². The highest BCUT2D eigenvalue weighted by Crippen LogP contribution is 2.44. The Balaban J connectivity index is 1.93. The van der Waals surface area contributed by atoms with Crippen molar-refractivity contribution in [1.29, 1.82) is 0 Å². The lowest BCUT2D eigenvalue weighted by atomic mass is 9.98. The Kier molecular flexibility index (Phi) is 7.77. The number of rotatable bonds is 9. The minimum Gasteiger partial charge on any atom is -0.493 e. The van der Waals surface area contributed by atoms with Gasteiger partial charge in [-0.05, 0) is 24.6 Å². The molecule has 172 valence electrons. The SMILES string of the molecule is C=Nc1c(C(=C)N(C)C[C@@H](C)CC)sc(C(=O)N[C@H]2CCOc3ccccc32)c1C(C)C. The van der Waals surface area contributed by atoms with Gasteiger partial charge >= 0.3 is 0 Å². The summed E-state index contributed by atoms with van der Waals surface area (Å²) in [6.07, 6.45) is 1.85. The summed E-state index contributed by atoms with van der Waals surface area (Å²) in [5.41, 5.74) is 3.63. The summed E-state index contributed by atoms with van der Waals surface area (Å²) in [6.45, 7) is 18.3. The number of nitrogens with zero attached hydrogens (tertiary/aromatic N) is 2. The quantitative estimate of drug-likeness (QED) is 0.447. The van der Waals surface area contributed by atoms with Gasteiger partial charge in [-0.3, -0.25) is 9.79 Å². The van der Waals surface area contributed by atoms with Crippen molar-refractivity contribution in [3.05, 3.63) is 51.7 Å². The van der Waals surface area contributed by atoms with E-state index in [0.29, 0.717) is 17.4 Å². The van der Waals surface area contributed by atoms with Crippen molar-refractivity contribution in [1.82, 2.24) is 10.2 Å². The fourth-order valence-corrected chi connectivity index (χ4v) is 5.43. The molecule has 3 rings (SSSR count). The van der Waals surface area contributed by atoms with Crippen LogP contribution in [0.4, 0.5) is 5.69 Å². The molecule has 0 saturated carbocycles. The van der Waals surface area contributed by atoms with Gasteiger partial charge in [0.1, 0.15) is 5.75 Å². The lowest BCUT2D eigenvalue weighted by molar-refractivity contribution is 0.0927. The number of fused-ring (bicyclic) bond motifs is 1. The highest BCUT2D eigenvalue weighted by Gasteiger charge is 2.29. The summed E-state index contributed by atoms with van der Waals surface area (Å²) < 4.78 is 5.75. The van der Waals surface area contributed by atoms with Crippen LogP contribution in [0.15, 0.2) is 35.8 Å². The number of ether oxygens (including phenoxy) is 1. The zero-order chi connectivity index (χ0) is 23.4. The van der Waals surface area contributed by atoms with Gasteiger partial charge in [0.25, 0.3) is 5.91 Å². The first kappa shape index (κ1) is 24.1. The van der Waals surface area contributed by atoms with E-state index in [-0.39, 0.29) is 17.9 Å². The number of nitrogens with one attached hydrogen (secondary N) is 1. The van der Waals surface area contributed by atoms with Crippen LogP contribution in [0.25, 0.3) is 5.70 Å². The van der Waals surface area contributed by atoms with Crippen LogP contribution in [0.2, 0.25) is 0 Å². The molecule has 0 unspecified atom stereocenters. The minimum atomic E-state index is -0.0751. The zero-order valence-corrected chi connectivity index (χ0v) is 20.7. The monoisotopic (exact) mass is 453 g/mol. The molecule has 2 heterocycles. The fourth-order valence-electron chi connectivity index (χ4n) is 4.09. The summed E-state index contributed by atoms with van der Waals surface area (Å²) in [5.74, 6) is 1.45. The Morgan fingerprint density at radius 3 is 2.69 bits per heavy atom. The van der Waals surface area contributed by atoms with E-state index in [9.17, 15) is 4.79 Å². The minimum absolute atomic E-state index is 0.0746. The Labute approximate surface area is 196 Å². The number of aliphatic imine (C=N–C) groups is 1. The van der Waals surface area contributed by atoms with Crippen LogP contribution in [0.3, 0.4) is 0 Å². The van der Waals surface area contributed by atoms with E-state index in [2.05, 4.69) is 63.2 Å². The predicted octanol–water partition coefficient (Wildman–Crippen LogP) is 6.41. The molecule has 1 aliphatic heterocycles. The van der Waals surface area contributed by atoms with Crippen molar-refractivity contribution in [3.8, 4) is 5.75 Å². The molecule has 1 aromatic heterocycles. The van der Waals surface area contributed by atoms with E-state index in [1.165, 1.54) is 11.3 Å². The maximum atomic E-state index is 13.5. The number of carbonyl (C=O) groups is 1. The molecule has 1 aliphatic rings. The van der Waals surface area contributed by atoms with E-state index >= 15 is 0 Å². The van der Waals surface area contributed by atoms with Crippen LogP contribution in [0, 0.1) is 5.92 Å². The third kappa shape index (κ3) is 4.90. The highest BCUT2D eigenvalue weighted by atomic mass is 32.1. The summed E-state index contributed by atoms with van der Waals surface area (Å²) in [7, 11) is 2.05. The normalized spacial score (nSPS) is 16.1. The molecule has 0 fully saturated rings. The number of hydrogen-bond donors (Lipinski definition) is 1. The van der Waals surface area contributed by atoms with Crippen LogP contribution >= 0.6 is 11.3 Å². The molecule has 2 atom stereocenters. The molecule has 1 amide bonds. The van der Waals surface area contributed by atoms with Crippen molar-refractivity contribution >= 4 is 35.3 Å². The summed E-state index contributed by atoms with van der Waals surface area (Å²) in [4.78, 5) is 21.6. The average Bonchev–Trinajstić information content (AvgIpc) is 3.18. The Bertz CT molecular complexity index is 995. The molecule has 32 heavy (non-hydrogen) atoms. The number of para-hydroxylation sites is 1. The van der Waals surface area contributed by atoms with Crippen molar-refractivity contribution in [2.45, 2.75) is 52.5 Å². The second-order valence-corrected chi connectivity index (χ2v) is 9.90. The topological polar surface area (TPSA) is 53.9 Å². The third-order valence-corrected chi connectivity index (χ3v) is 7.37. The third-order valence-electron chi connectivity index (χ3n) is 6.13. The van der Waals surface area contributed by atoms with Gasteiger partial charge in [0.05, 0.1) is 28.1 Å². The average molecular weight is 454 g/mol. The molecule has 0 radical (unpaired) electrons. The van der Waals surface area contributed by atoms with Gasteiger partial charge in [-0.1, -0.05) is 58.9 Å². The Hall–Kier alpha value is -2.60. The standard InChI is InChI=1S/C26H35N3O2S/c1-8-17(4)15-29(7)18(5)24-23(27-6)22(16(2)3)25(32-24)26(30)28-20-13-14-31-21-12-10-9-11-19(20)21/h9-12,16-17,20H,5-6,8,13-15H2,1-4,7H3,(H,28,30)/t17-,20-/m0/s1. The van der Waals surface area contributed by atoms with Gasteiger partial charge in [0.2, 0.25) is 0 Å². The lowest BCUT2D eigenvalue weighted by Gasteiger charge is -2.26. The molecule has 5 nitrogen and oxygen atoms in total. The molecular formula is C26H35N3O2S.